The molecule has 1 N–H and O–H groups in total. The molecule has 5 nitrogen and oxygen atoms in total. The van der Waals surface area contributed by atoms with E-state index in [9.17, 15) is 10.1 Å². The van der Waals surface area contributed by atoms with E-state index in [-0.39, 0.29) is 5.91 Å². The van der Waals surface area contributed by atoms with Gasteiger partial charge < -0.3 is 5.32 Å². The summed E-state index contributed by atoms with van der Waals surface area (Å²) in [5.41, 5.74) is 4.06. The highest BCUT2D eigenvalue weighted by molar-refractivity contribution is 8.00. The van der Waals surface area contributed by atoms with Crippen LogP contribution in [0.1, 0.15) is 23.7 Å². The first-order valence-corrected chi connectivity index (χ1v) is 10.1. The lowest BCUT2D eigenvalue weighted by Gasteiger charge is -2.12. The van der Waals surface area contributed by atoms with Gasteiger partial charge in [-0.3, -0.25) is 4.79 Å². The Balaban J connectivity index is 1.71. The van der Waals surface area contributed by atoms with Gasteiger partial charge in [0.25, 0.3) is 0 Å². The van der Waals surface area contributed by atoms with Gasteiger partial charge in [0.05, 0.1) is 16.5 Å². The van der Waals surface area contributed by atoms with E-state index >= 15 is 0 Å². The largest absolute Gasteiger partial charge is 0.301 e. The van der Waals surface area contributed by atoms with E-state index in [0.29, 0.717) is 15.7 Å². The molecule has 0 unspecified atom stereocenters. The molecule has 0 aliphatic carbocycles. The number of amides is 1. The molecule has 0 bridgehead atoms. The third-order valence-corrected chi connectivity index (χ3v) is 5.73. The molecule has 136 valence electrons. The number of pyridine rings is 1. The summed E-state index contributed by atoms with van der Waals surface area (Å²) in [5, 5.41) is 14.9. The molecule has 2 heterocycles. The van der Waals surface area contributed by atoms with Crippen molar-refractivity contribution in [3.05, 3.63) is 58.6 Å². The first-order chi connectivity index (χ1) is 13.0. The van der Waals surface area contributed by atoms with Crippen molar-refractivity contribution < 1.29 is 4.79 Å². The summed E-state index contributed by atoms with van der Waals surface area (Å²) in [5.74, 6) is -0.168. The summed E-state index contributed by atoms with van der Waals surface area (Å²) in [4.78, 5) is 21.5. The van der Waals surface area contributed by atoms with E-state index in [0.717, 1.165) is 22.5 Å². The highest BCUT2D eigenvalue weighted by Gasteiger charge is 2.20. The van der Waals surface area contributed by atoms with E-state index in [1.807, 2.05) is 55.6 Å². The average Bonchev–Trinajstić information content (AvgIpc) is 3.10. The number of benzene rings is 1. The van der Waals surface area contributed by atoms with Gasteiger partial charge in [0.2, 0.25) is 5.91 Å². The second-order valence-electron chi connectivity index (χ2n) is 6.03. The monoisotopic (exact) mass is 394 g/mol. The van der Waals surface area contributed by atoms with Crippen LogP contribution in [0, 0.1) is 25.2 Å². The third-order valence-electron chi connectivity index (χ3n) is 3.88. The predicted octanol–water partition coefficient (Wildman–Crippen LogP) is 4.81. The molecule has 0 saturated heterocycles. The third kappa shape index (κ3) is 4.54. The van der Waals surface area contributed by atoms with Gasteiger partial charge in [0.1, 0.15) is 11.1 Å². The average molecular weight is 395 g/mol. The minimum Gasteiger partial charge on any atom is -0.301 e. The summed E-state index contributed by atoms with van der Waals surface area (Å²) in [7, 11) is 0. The number of nitriles is 1. The van der Waals surface area contributed by atoms with Crippen molar-refractivity contribution in [2.75, 3.05) is 5.32 Å². The van der Waals surface area contributed by atoms with Crippen LogP contribution in [0.15, 0.2) is 46.8 Å². The molecule has 1 amide bonds. The zero-order chi connectivity index (χ0) is 19.4. The SMILES string of the molecule is Cc1cc(C)c(C#N)c(S[C@@H](C)C(=O)Nc2nc(-c3ccccc3)cs2)n1. The fraction of sp³-hybridized carbons (Fsp3) is 0.200. The number of hydrogen-bond donors (Lipinski definition) is 1. The number of nitrogens with zero attached hydrogens (tertiary/aromatic N) is 3. The predicted molar refractivity (Wildman–Crippen MR) is 110 cm³/mol. The summed E-state index contributed by atoms with van der Waals surface area (Å²) in [6, 6.07) is 13.9. The van der Waals surface area contributed by atoms with Crippen molar-refractivity contribution in [3.8, 4) is 17.3 Å². The molecule has 0 spiro atoms. The molecule has 27 heavy (non-hydrogen) atoms. The van der Waals surface area contributed by atoms with Gasteiger partial charge in [0, 0.05) is 16.6 Å². The minimum atomic E-state index is -0.408. The number of rotatable bonds is 5. The van der Waals surface area contributed by atoms with E-state index in [4.69, 9.17) is 0 Å². The second kappa shape index (κ2) is 8.33. The van der Waals surface area contributed by atoms with Crippen LogP contribution in [-0.4, -0.2) is 21.1 Å². The van der Waals surface area contributed by atoms with Crippen molar-refractivity contribution in [3.63, 3.8) is 0 Å². The van der Waals surface area contributed by atoms with Crippen LogP contribution in [0.2, 0.25) is 0 Å². The standard InChI is InChI=1S/C20H18N4OS2/c1-12-9-13(2)22-19(16(12)10-21)27-14(3)18(25)24-20-23-17(11-26-20)15-7-5-4-6-8-15/h4-9,11,14H,1-3H3,(H,23,24,25)/t14-/m0/s1. The van der Waals surface area contributed by atoms with Gasteiger partial charge in [-0.1, -0.05) is 42.1 Å². The van der Waals surface area contributed by atoms with E-state index in [1.54, 1.807) is 6.92 Å². The highest BCUT2D eigenvalue weighted by atomic mass is 32.2. The molecule has 3 aromatic rings. The lowest BCUT2D eigenvalue weighted by molar-refractivity contribution is -0.115. The molecule has 1 aromatic carbocycles. The maximum absolute atomic E-state index is 12.6. The van der Waals surface area contributed by atoms with Gasteiger partial charge in [-0.15, -0.1) is 11.3 Å². The number of anilines is 1. The van der Waals surface area contributed by atoms with Crippen molar-refractivity contribution in [1.82, 2.24) is 9.97 Å². The topological polar surface area (TPSA) is 78.7 Å². The lowest BCUT2D eigenvalue weighted by Crippen LogP contribution is -2.22. The Morgan fingerprint density at radius 2 is 2.00 bits per heavy atom. The van der Waals surface area contributed by atoms with Gasteiger partial charge in [-0.25, -0.2) is 9.97 Å². The number of nitrogens with one attached hydrogen (secondary N) is 1. The Morgan fingerprint density at radius 1 is 1.26 bits per heavy atom. The molecule has 0 radical (unpaired) electrons. The lowest BCUT2D eigenvalue weighted by atomic mass is 10.1. The maximum Gasteiger partial charge on any atom is 0.239 e. The van der Waals surface area contributed by atoms with Crippen molar-refractivity contribution >= 4 is 34.1 Å². The van der Waals surface area contributed by atoms with Crippen LogP contribution < -0.4 is 5.32 Å². The maximum atomic E-state index is 12.6. The molecule has 0 saturated carbocycles. The summed E-state index contributed by atoms with van der Waals surface area (Å²) in [6.45, 7) is 5.55. The van der Waals surface area contributed by atoms with Gasteiger partial charge in [0.15, 0.2) is 5.13 Å². The van der Waals surface area contributed by atoms with Crippen LogP contribution in [0.5, 0.6) is 0 Å². The summed E-state index contributed by atoms with van der Waals surface area (Å²) in [6.07, 6.45) is 0. The van der Waals surface area contributed by atoms with Crippen molar-refractivity contribution in [2.45, 2.75) is 31.0 Å². The molecule has 7 heteroatoms. The van der Waals surface area contributed by atoms with E-state index in [2.05, 4.69) is 21.4 Å². The van der Waals surface area contributed by atoms with Crippen molar-refractivity contribution in [1.29, 1.82) is 5.26 Å². The van der Waals surface area contributed by atoms with Crippen LogP contribution >= 0.6 is 23.1 Å². The van der Waals surface area contributed by atoms with E-state index in [1.165, 1.54) is 23.1 Å². The number of carbonyl (C=O) groups is 1. The molecule has 0 aliphatic heterocycles. The Bertz CT molecular complexity index is 1010. The molecule has 3 rings (SSSR count). The fourth-order valence-corrected chi connectivity index (χ4v) is 4.27. The molecule has 0 aliphatic rings. The quantitative estimate of drug-likeness (QED) is 0.628. The Hall–Kier alpha value is -2.69. The number of thioether (sulfide) groups is 1. The summed E-state index contributed by atoms with van der Waals surface area (Å²) < 4.78 is 0. The number of aromatic nitrogens is 2. The normalized spacial score (nSPS) is 11.6. The first kappa shape index (κ1) is 19.1. The summed E-state index contributed by atoms with van der Waals surface area (Å²) >= 11 is 2.67. The number of hydrogen-bond acceptors (Lipinski definition) is 6. The van der Waals surface area contributed by atoms with Gasteiger partial charge in [-0.05, 0) is 32.4 Å². The zero-order valence-electron chi connectivity index (χ0n) is 15.2. The molecular weight excluding hydrogens is 376 g/mol. The second-order valence-corrected chi connectivity index (χ2v) is 8.21. The number of carbonyl (C=O) groups excluding carboxylic acids is 1. The molecule has 1 atom stereocenters. The Labute approximate surface area is 166 Å². The number of thiazole rings is 1. The van der Waals surface area contributed by atoms with Gasteiger partial charge in [-0.2, -0.15) is 5.26 Å². The van der Waals surface area contributed by atoms with Crippen molar-refractivity contribution in [2.24, 2.45) is 0 Å². The first-order valence-electron chi connectivity index (χ1n) is 8.34. The fourth-order valence-electron chi connectivity index (χ4n) is 2.52. The minimum absolute atomic E-state index is 0.168. The van der Waals surface area contributed by atoms with Crippen LogP contribution in [0.25, 0.3) is 11.3 Å². The Kier molecular flexibility index (Phi) is 5.89. The van der Waals surface area contributed by atoms with Gasteiger partial charge >= 0.3 is 0 Å². The zero-order valence-corrected chi connectivity index (χ0v) is 16.8. The van der Waals surface area contributed by atoms with Crippen LogP contribution in [-0.2, 0) is 4.79 Å². The number of aryl methyl sites for hydroxylation is 2. The van der Waals surface area contributed by atoms with E-state index < -0.39 is 5.25 Å². The smallest absolute Gasteiger partial charge is 0.239 e. The highest BCUT2D eigenvalue weighted by Crippen LogP contribution is 2.29. The molecule has 0 fully saturated rings. The molecule has 2 aromatic heterocycles. The molecular formula is C20H18N4OS2. The van der Waals surface area contributed by atoms with Crippen LogP contribution in [0.4, 0.5) is 5.13 Å². The Morgan fingerprint density at radius 3 is 2.70 bits per heavy atom. The van der Waals surface area contributed by atoms with Crippen LogP contribution in [0.3, 0.4) is 0 Å².